The molecular formula is C29H31FN6O2. The van der Waals surface area contributed by atoms with E-state index in [1.165, 1.54) is 19.2 Å². The normalized spacial score (nSPS) is 16.5. The molecule has 1 unspecified atom stereocenters. The lowest BCUT2D eigenvalue weighted by Crippen LogP contribution is -2.49. The summed E-state index contributed by atoms with van der Waals surface area (Å²) in [5.41, 5.74) is 4.24. The molecule has 9 heteroatoms. The molecule has 1 atom stereocenters. The summed E-state index contributed by atoms with van der Waals surface area (Å²) in [6, 6.07) is 12.9. The summed E-state index contributed by atoms with van der Waals surface area (Å²) in [7, 11) is 1.42. The molecule has 0 aliphatic carbocycles. The lowest BCUT2D eigenvalue weighted by Gasteiger charge is -2.25. The number of imidazole rings is 1. The predicted octanol–water partition coefficient (Wildman–Crippen LogP) is 4.27. The quantitative estimate of drug-likeness (QED) is 0.341. The van der Waals surface area contributed by atoms with Crippen LogP contribution in [0.1, 0.15) is 26.0 Å². The Labute approximate surface area is 221 Å². The molecule has 0 bridgehead atoms. The van der Waals surface area contributed by atoms with Gasteiger partial charge in [0.05, 0.1) is 30.7 Å². The van der Waals surface area contributed by atoms with Crippen LogP contribution in [0.3, 0.4) is 0 Å². The fourth-order valence-electron chi connectivity index (χ4n) is 5.41. The van der Waals surface area contributed by atoms with Gasteiger partial charge in [-0.2, -0.15) is 0 Å². The summed E-state index contributed by atoms with van der Waals surface area (Å²) in [6.07, 6.45) is 6.89. The number of hydrogen-bond donors (Lipinski definition) is 1. The molecule has 1 saturated heterocycles. The van der Waals surface area contributed by atoms with E-state index in [2.05, 4.69) is 48.7 Å². The van der Waals surface area contributed by atoms with Crippen LogP contribution < -0.4 is 10.2 Å². The standard InChI is InChI=1S/C29H31FN6O2/c1-29(2,28(37)38-3)32-15-19-10-12-34(16-19)26-9-8-24-23(33-26)18-35-17-21(20-4-6-22(30)7-5-20)14-25(35)27-31-11-13-36(24)27/h4-9,11,13-14,17,19,32H,10,12,15-16,18H2,1-3H3. The molecule has 2 aliphatic rings. The number of rotatable bonds is 6. The summed E-state index contributed by atoms with van der Waals surface area (Å²) in [5, 5.41) is 3.36. The number of carbonyl (C=O) groups is 1. The van der Waals surface area contributed by atoms with Gasteiger partial charge >= 0.3 is 5.97 Å². The lowest BCUT2D eigenvalue weighted by molar-refractivity contribution is -0.147. The number of nitrogens with one attached hydrogen (secondary N) is 1. The van der Waals surface area contributed by atoms with Gasteiger partial charge in [-0.25, -0.2) is 14.4 Å². The van der Waals surface area contributed by atoms with Crippen LogP contribution in [-0.2, 0) is 16.1 Å². The molecule has 0 saturated carbocycles. The van der Waals surface area contributed by atoms with Crippen LogP contribution in [0.25, 0.3) is 28.3 Å². The largest absolute Gasteiger partial charge is 0.468 e. The summed E-state index contributed by atoms with van der Waals surface area (Å²) in [5.74, 6) is 1.71. The van der Waals surface area contributed by atoms with Crippen molar-refractivity contribution in [2.24, 2.45) is 5.92 Å². The van der Waals surface area contributed by atoms with E-state index in [1.807, 2.05) is 20.0 Å². The minimum atomic E-state index is -0.714. The minimum absolute atomic E-state index is 0.247. The smallest absolute Gasteiger partial charge is 0.325 e. The Kier molecular flexibility index (Phi) is 6.03. The minimum Gasteiger partial charge on any atom is -0.468 e. The van der Waals surface area contributed by atoms with E-state index < -0.39 is 5.54 Å². The number of pyridine rings is 1. The molecule has 1 N–H and O–H groups in total. The van der Waals surface area contributed by atoms with Gasteiger partial charge in [0.2, 0.25) is 0 Å². The highest BCUT2D eigenvalue weighted by Crippen LogP contribution is 2.34. The van der Waals surface area contributed by atoms with Crippen LogP contribution in [0, 0.1) is 11.7 Å². The summed E-state index contributed by atoms with van der Waals surface area (Å²) >= 11 is 0. The highest BCUT2D eigenvalue weighted by molar-refractivity contribution is 5.79. The molecule has 8 nitrogen and oxygen atoms in total. The first-order valence-corrected chi connectivity index (χ1v) is 12.9. The number of benzene rings is 1. The zero-order chi connectivity index (χ0) is 26.4. The molecule has 4 aromatic rings. The average molecular weight is 515 g/mol. The van der Waals surface area contributed by atoms with Gasteiger partial charge in [-0.1, -0.05) is 12.1 Å². The number of anilines is 1. The van der Waals surface area contributed by atoms with Crippen LogP contribution in [0.15, 0.2) is 61.1 Å². The van der Waals surface area contributed by atoms with Crippen molar-refractivity contribution in [1.82, 2.24) is 24.4 Å². The van der Waals surface area contributed by atoms with Crippen LogP contribution in [0.4, 0.5) is 10.2 Å². The molecule has 1 fully saturated rings. The van der Waals surface area contributed by atoms with E-state index in [-0.39, 0.29) is 11.8 Å². The fourth-order valence-corrected chi connectivity index (χ4v) is 5.41. The predicted molar refractivity (Wildman–Crippen MR) is 144 cm³/mol. The molecular weight excluding hydrogens is 483 g/mol. The summed E-state index contributed by atoms with van der Waals surface area (Å²) in [6.45, 7) is 6.82. The van der Waals surface area contributed by atoms with E-state index in [0.717, 1.165) is 65.9 Å². The molecule has 2 aliphatic heterocycles. The van der Waals surface area contributed by atoms with Crippen molar-refractivity contribution < 1.29 is 13.9 Å². The van der Waals surface area contributed by atoms with Gasteiger partial charge in [0.25, 0.3) is 0 Å². The molecule has 5 heterocycles. The average Bonchev–Trinajstić information content (AvgIpc) is 3.66. The number of aromatic nitrogens is 4. The topological polar surface area (TPSA) is 77.2 Å². The first-order chi connectivity index (χ1) is 18.3. The van der Waals surface area contributed by atoms with Gasteiger partial charge in [-0.3, -0.25) is 9.36 Å². The Morgan fingerprint density at radius 2 is 2.00 bits per heavy atom. The van der Waals surface area contributed by atoms with Gasteiger partial charge < -0.3 is 19.5 Å². The molecule has 0 radical (unpaired) electrons. The number of hydrogen-bond acceptors (Lipinski definition) is 6. The highest BCUT2D eigenvalue weighted by atomic mass is 19.1. The monoisotopic (exact) mass is 514 g/mol. The van der Waals surface area contributed by atoms with E-state index in [0.29, 0.717) is 12.5 Å². The maximum Gasteiger partial charge on any atom is 0.325 e. The zero-order valence-electron chi connectivity index (χ0n) is 21.8. The van der Waals surface area contributed by atoms with E-state index in [9.17, 15) is 9.18 Å². The van der Waals surface area contributed by atoms with Crippen molar-refractivity contribution in [2.45, 2.75) is 32.4 Å². The van der Waals surface area contributed by atoms with Gasteiger partial charge in [0.15, 0.2) is 5.82 Å². The highest BCUT2D eigenvalue weighted by Gasteiger charge is 2.31. The third kappa shape index (κ3) is 4.36. The first kappa shape index (κ1) is 24.4. The second-order valence-corrected chi connectivity index (χ2v) is 10.6. The molecule has 0 spiro atoms. The van der Waals surface area contributed by atoms with Gasteiger partial charge in [0.1, 0.15) is 17.2 Å². The Hall–Kier alpha value is -3.98. The third-order valence-electron chi connectivity index (χ3n) is 7.60. The second kappa shape index (κ2) is 9.40. The Morgan fingerprint density at radius 3 is 2.79 bits per heavy atom. The number of carbonyl (C=O) groups excluding carboxylic acids is 1. The number of halogens is 1. The van der Waals surface area contributed by atoms with Crippen molar-refractivity contribution in [3.05, 3.63) is 72.6 Å². The van der Waals surface area contributed by atoms with Gasteiger partial charge in [-0.15, -0.1) is 0 Å². The number of ether oxygens (including phenoxy) is 1. The van der Waals surface area contributed by atoms with E-state index >= 15 is 0 Å². The molecule has 6 rings (SSSR count). The maximum atomic E-state index is 13.5. The van der Waals surface area contributed by atoms with Crippen LogP contribution in [0.5, 0.6) is 0 Å². The number of fused-ring (bicyclic) bond motifs is 5. The number of methoxy groups -OCH3 is 1. The van der Waals surface area contributed by atoms with Crippen molar-refractivity contribution >= 4 is 11.8 Å². The molecule has 196 valence electrons. The van der Waals surface area contributed by atoms with Gasteiger partial charge in [0, 0.05) is 43.8 Å². The Balaban J connectivity index is 1.25. The van der Waals surface area contributed by atoms with Crippen molar-refractivity contribution in [2.75, 3.05) is 31.6 Å². The molecule has 38 heavy (non-hydrogen) atoms. The number of esters is 1. The summed E-state index contributed by atoms with van der Waals surface area (Å²) in [4.78, 5) is 24.1. The third-order valence-corrected chi connectivity index (χ3v) is 7.60. The molecule has 3 aromatic heterocycles. The lowest BCUT2D eigenvalue weighted by atomic mass is 10.0. The number of nitrogens with zero attached hydrogens (tertiary/aromatic N) is 5. The van der Waals surface area contributed by atoms with Gasteiger partial charge in [-0.05, 0) is 62.1 Å². The van der Waals surface area contributed by atoms with Crippen molar-refractivity contribution in [3.63, 3.8) is 0 Å². The Morgan fingerprint density at radius 1 is 1.18 bits per heavy atom. The maximum absolute atomic E-state index is 13.5. The van der Waals surface area contributed by atoms with Crippen LogP contribution in [0.2, 0.25) is 0 Å². The first-order valence-electron chi connectivity index (χ1n) is 12.9. The SMILES string of the molecule is COC(=O)C(C)(C)NCC1CCN(c2ccc3c(n2)Cn2cc(-c4ccc(F)cc4)cc2-c2nccn2-3)C1. The fraction of sp³-hybridized carbons (Fsp3) is 0.345. The molecule has 0 amide bonds. The summed E-state index contributed by atoms with van der Waals surface area (Å²) < 4.78 is 22.7. The zero-order valence-corrected chi connectivity index (χ0v) is 21.8. The second-order valence-electron chi connectivity index (χ2n) is 10.6. The molecule has 1 aromatic carbocycles. The van der Waals surface area contributed by atoms with E-state index in [1.54, 1.807) is 18.3 Å². The Bertz CT molecular complexity index is 1490. The van der Waals surface area contributed by atoms with Crippen molar-refractivity contribution in [3.8, 4) is 28.3 Å². The van der Waals surface area contributed by atoms with Crippen LogP contribution >= 0.6 is 0 Å². The van der Waals surface area contributed by atoms with E-state index in [4.69, 9.17) is 9.72 Å². The van der Waals surface area contributed by atoms with Crippen LogP contribution in [-0.4, -0.2) is 57.4 Å². The van der Waals surface area contributed by atoms with Crippen molar-refractivity contribution in [1.29, 1.82) is 0 Å².